The normalized spacial score (nSPS) is 11.2. The number of sulfone groups is 1. The fraction of sp³-hybridized carbons (Fsp3) is 0.111. The summed E-state index contributed by atoms with van der Waals surface area (Å²) >= 11 is 0. The third-order valence-electron chi connectivity index (χ3n) is 5.46. The van der Waals surface area contributed by atoms with Crippen molar-refractivity contribution >= 4 is 33.7 Å². The number of hydrogen-bond donors (Lipinski definition) is 1. The van der Waals surface area contributed by atoms with E-state index in [0.717, 1.165) is 16.7 Å². The van der Waals surface area contributed by atoms with Gasteiger partial charge in [-0.1, -0.05) is 72.9 Å². The molecule has 4 rings (SSSR count). The van der Waals surface area contributed by atoms with Crippen molar-refractivity contribution in [3.05, 3.63) is 103 Å². The summed E-state index contributed by atoms with van der Waals surface area (Å²) in [6.45, 7) is 9.74. The number of nitrogens with one attached hydrogen (secondary N) is 1. The fourth-order valence-corrected chi connectivity index (χ4v) is 5.29. The highest BCUT2D eigenvalue weighted by Crippen LogP contribution is 2.28. The Morgan fingerprint density at radius 2 is 1.80 bits per heavy atom. The zero-order valence-electron chi connectivity index (χ0n) is 19.3. The summed E-state index contributed by atoms with van der Waals surface area (Å²) in [7, 11) is -3.98. The molecule has 1 N–H and O–H groups in total. The lowest BCUT2D eigenvalue weighted by molar-refractivity contribution is -0.113. The molecular formula is C27H25N3O4S. The molecule has 2 aromatic heterocycles. The molecule has 178 valence electrons. The number of nitrogens with zero attached hydrogens (tertiary/aromatic N) is 2. The van der Waals surface area contributed by atoms with Crippen LogP contribution >= 0.6 is 0 Å². The Balaban J connectivity index is 1.63. The standard InChI is InChI=1S/C27H25N3O4S/c1-4-23-24(5-2)30(16-20-10-9-13-22(15-20)21-11-7-6-8-12-21)17-25(23)35(32,33)18-27(31)28-26-14-19(3)34-29-26/h4-15,17H,1-2,16,18H2,3H3,(H,28,29,31). The predicted molar refractivity (Wildman–Crippen MR) is 138 cm³/mol. The van der Waals surface area contributed by atoms with Crippen molar-refractivity contribution in [3.63, 3.8) is 0 Å². The van der Waals surface area contributed by atoms with Crippen LogP contribution in [0.25, 0.3) is 23.3 Å². The van der Waals surface area contributed by atoms with Gasteiger partial charge in [0.15, 0.2) is 15.7 Å². The predicted octanol–water partition coefficient (Wildman–Crippen LogP) is 5.20. The molecule has 35 heavy (non-hydrogen) atoms. The highest BCUT2D eigenvalue weighted by atomic mass is 32.2. The molecule has 8 heteroatoms. The second-order valence-corrected chi connectivity index (χ2v) is 9.98. The average molecular weight is 488 g/mol. The summed E-state index contributed by atoms with van der Waals surface area (Å²) in [6, 6.07) is 19.6. The van der Waals surface area contributed by atoms with Gasteiger partial charge in [0.25, 0.3) is 0 Å². The third-order valence-corrected chi connectivity index (χ3v) is 7.10. The van der Waals surface area contributed by atoms with Crippen LogP contribution in [0.15, 0.2) is 89.4 Å². The molecule has 0 aliphatic heterocycles. The molecular weight excluding hydrogens is 462 g/mol. The topological polar surface area (TPSA) is 94.2 Å². The van der Waals surface area contributed by atoms with Crippen LogP contribution in [0.3, 0.4) is 0 Å². The summed E-state index contributed by atoms with van der Waals surface area (Å²) in [6.07, 6.45) is 4.60. The summed E-state index contributed by atoms with van der Waals surface area (Å²) < 4.78 is 33.1. The first-order valence-electron chi connectivity index (χ1n) is 10.9. The van der Waals surface area contributed by atoms with E-state index in [4.69, 9.17) is 4.52 Å². The Bertz CT molecular complexity index is 1500. The first kappa shape index (κ1) is 24.0. The van der Waals surface area contributed by atoms with E-state index < -0.39 is 21.5 Å². The number of carbonyl (C=O) groups is 1. The number of anilines is 1. The summed E-state index contributed by atoms with van der Waals surface area (Å²) in [5.41, 5.74) is 4.16. The minimum atomic E-state index is -3.98. The Kier molecular flexibility index (Phi) is 6.84. The average Bonchev–Trinajstić information content (AvgIpc) is 3.42. The molecule has 0 bridgehead atoms. The van der Waals surface area contributed by atoms with Crippen LogP contribution in [0.1, 0.15) is 22.6 Å². The van der Waals surface area contributed by atoms with Gasteiger partial charge in [-0.3, -0.25) is 4.79 Å². The minimum absolute atomic E-state index is 0.0214. The summed E-state index contributed by atoms with van der Waals surface area (Å²) in [4.78, 5) is 12.4. The van der Waals surface area contributed by atoms with Crippen LogP contribution in [0, 0.1) is 6.92 Å². The number of benzene rings is 2. The lowest BCUT2D eigenvalue weighted by Crippen LogP contribution is -2.23. The lowest BCUT2D eigenvalue weighted by atomic mass is 10.0. The molecule has 2 heterocycles. The van der Waals surface area contributed by atoms with Gasteiger partial charge in [-0.15, -0.1) is 0 Å². The second kappa shape index (κ2) is 9.99. The third kappa shape index (κ3) is 5.33. The van der Waals surface area contributed by atoms with Gasteiger partial charge in [0.1, 0.15) is 11.5 Å². The zero-order chi connectivity index (χ0) is 25.0. The molecule has 0 spiro atoms. The Labute approximate surface area is 204 Å². The highest BCUT2D eigenvalue weighted by Gasteiger charge is 2.26. The maximum absolute atomic E-state index is 13.2. The van der Waals surface area contributed by atoms with Crippen LogP contribution in [-0.4, -0.2) is 29.8 Å². The van der Waals surface area contributed by atoms with Gasteiger partial charge < -0.3 is 14.4 Å². The Hall–Kier alpha value is -4.17. The molecule has 0 fully saturated rings. The van der Waals surface area contributed by atoms with E-state index in [2.05, 4.69) is 29.7 Å². The number of aryl methyl sites for hydroxylation is 1. The number of hydrogen-bond acceptors (Lipinski definition) is 5. The van der Waals surface area contributed by atoms with Crippen molar-refractivity contribution in [2.24, 2.45) is 0 Å². The van der Waals surface area contributed by atoms with E-state index in [1.54, 1.807) is 17.6 Å². The number of aromatic nitrogens is 2. The van der Waals surface area contributed by atoms with Crippen molar-refractivity contribution < 1.29 is 17.7 Å². The van der Waals surface area contributed by atoms with Crippen LogP contribution in [0.5, 0.6) is 0 Å². The van der Waals surface area contributed by atoms with Crippen LogP contribution in [0.2, 0.25) is 0 Å². The van der Waals surface area contributed by atoms with Gasteiger partial charge in [0.2, 0.25) is 5.91 Å². The molecule has 2 aromatic carbocycles. The van der Waals surface area contributed by atoms with Crippen LogP contribution < -0.4 is 5.32 Å². The molecule has 0 radical (unpaired) electrons. The van der Waals surface area contributed by atoms with E-state index >= 15 is 0 Å². The van der Waals surface area contributed by atoms with Crippen LogP contribution in [0.4, 0.5) is 5.82 Å². The molecule has 0 aliphatic carbocycles. The van der Waals surface area contributed by atoms with E-state index in [-0.39, 0.29) is 10.7 Å². The smallest absolute Gasteiger partial charge is 0.241 e. The maximum Gasteiger partial charge on any atom is 0.241 e. The number of carbonyl (C=O) groups excluding carboxylic acids is 1. The SMILES string of the molecule is C=Cc1c(S(=O)(=O)CC(=O)Nc2cc(C)on2)cn(Cc2cccc(-c3ccccc3)c2)c1C=C. The van der Waals surface area contributed by atoms with Crippen molar-refractivity contribution in [3.8, 4) is 11.1 Å². The first-order chi connectivity index (χ1) is 16.8. The maximum atomic E-state index is 13.2. The van der Waals surface area contributed by atoms with Gasteiger partial charge in [0, 0.05) is 30.1 Å². The first-order valence-corrected chi connectivity index (χ1v) is 12.5. The van der Waals surface area contributed by atoms with E-state index in [0.29, 0.717) is 23.6 Å². The zero-order valence-corrected chi connectivity index (χ0v) is 20.1. The highest BCUT2D eigenvalue weighted by molar-refractivity contribution is 7.92. The molecule has 0 unspecified atom stereocenters. The molecule has 4 aromatic rings. The van der Waals surface area contributed by atoms with E-state index in [1.807, 2.05) is 48.5 Å². The van der Waals surface area contributed by atoms with Gasteiger partial charge in [-0.05, 0) is 35.8 Å². The molecule has 0 saturated heterocycles. The van der Waals surface area contributed by atoms with Crippen molar-refractivity contribution in [1.29, 1.82) is 0 Å². The number of rotatable bonds is 9. The molecule has 1 amide bonds. The van der Waals surface area contributed by atoms with E-state index in [1.165, 1.54) is 18.3 Å². The van der Waals surface area contributed by atoms with Gasteiger partial charge in [-0.2, -0.15) is 0 Å². The van der Waals surface area contributed by atoms with Crippen molar-refractivity contribution in [2.75, 3.05) is 11.1 Å². The quantitative estimate of drug-likeness (QED) is 0.350. The Morgan fingerprint density at radius 3 is 2.46 bits per heavy atom. The molecule has 0 atom stereocenters. The fourth-order valence-electron chi connectivity index (χ4n) is 3.90. The van der Waals surface area contributed by atoms with E-state index in [9.17, 15) is 13.2 Å². The number of amides is 1. The Morgan fingerprint density at radius 1 is 1.06 bits per heavy atom. The largest absolute Gasteiger partial charge is 0.360 e. The molecule has 7 nitrogen and oxygen atoms in total. The minimum Gasteiger partial charge on any atom is -0.360 e. The lowest BCUT2D eigenvalue weighted by Gasteiger charge is -2.09. The van der Waals surface area contributed by atoms with Gasteiger partial charge in [-0.25, -0.2) is 8.42 Å². The second-order valence-electron chi connectivity index (χ2n) is 8.02. The monoisotopic (exact) mass is 487 g/mol. The van der Waals surface area contributed by atoms with Crippen molar-refractivity contribution in [2.45, 2.75) is 18.4 Å². The van der Waals surface area contributed by atoms with Crippen molar-refractivity contribution in [1.82, 2.24) is 9.72 Å². The van der Waals surface area contributed by atoms with Gasteiger partial charge >= 0.3 is 0 Å². The van der Waals surface area contributed by atoms with Gasteiger partial charge in [0.05, 0.1) is 4.90 Å². The summed E-state index contributed by atoms with van der Waals surface area (Å²) in [5.74, 6) is -0.795. The molecule has 0 aliphatic rings. The summed E-state index contributed by atoms with van der Waals surface area (Å²) in [5, 5.41) is 6.11. The molecule has 0 saturated carbocycles. The van der Waals surface area contributed by atoms with Crippen LogP contribution in [-0.2, 0) is 21.2 Å².